The van der Waals surface area contributed by atoms with Crippen molar-refractivity contribution in [3.05, 3.63) is 29.8 Å². The summed E-state index contributed by atoms with van der Waals surface area (Å²) in [6, 6.07) is 7.82. The number of aryl methyl sites for hydroxylation is 1. The lowest BCUT2D eigenvalue weighted by Gasteiger charge is -2.27. The summed E-state index contributed by atoms with van der Waals surface area (Å²) in [6.07, 6.45) is -0.518. The van der Waals surface area contributed by atoms with Crippen LogP contribution in [0.3, 0.4) is 0 Å². The highest BCUT2D eigenvalue weighted by molar-refractivity contribution is 5.31. The fraction of sp³-hybridized carbons (Fsp3) is 0.600. The van der Waals surface area contributed by atoms with Gasteiger partial charge in [0, 0.05) is 18.6 Å². The fourth-order valence-electron chi connectivity index (χ4n) is 1.86. The van der Waals surface area contributed by atoms with E-state index in [1.807, 2.05) is 38.2 Å². The standard InChI is InChI=1S/C15H26N2O2/c1-12-7-5-6-8-14(12)19-10-13(18)9-17-15(2,3)11-16-4/h5-8,13,16-18H,9-11H2,1-4H3. The molecule has 1 rings (SSSR count). The smallest absolute Gasteiger partial charge is 0.122 e. The summed E-state index contributed by atoms with van der Waals surface area (Å²) in [5.74, 6) is 0.830. The maximum atomic E-state index is 9.93. The zero-order valence-corrected chi connectivity index (χ0v) is 12.4. The monoisotopic (exact) mass is 266 g/mol. The van der Waals surface area contributed by atoms with Crippen LogP contribution in [0.1, 0.15) is 19.4 Å². The summed E-state index contributed by atoms with van der Waals surface area (Å²) < 4.78 is 5.62. The maximum absolute atomic E-state index is 9.93. The summed E-state index contributed by atoms with van der Waals surface area (Å²) in [6.45, 7) is 7.85. The van der Waals surface area contributed by atoms with Crippen LogP contribution < -0.4 is 15.4 Å². The van der Waals surface area contributed by atoms with E-state index in [4.69, 9.17) is 4.74 Å². The van der Waals surface area contributed by atoms with E-state index in [1.54, 1.807) is 0 Å². The minimum atomic E-state index is -0.518. The molecule has 0 bridgehead atoms. The van der Waals surface area contributed by atoms with Gasteiger partial charge in [0.25, 0.3) is 0 Å². The summed E-state index contributed by atoms with van der Waals surface area (Å²) in [4.78, 5) is 0. The molecule has 1 aromatic carbocycles. The predicted octanol–water partition coefficient (Wildman–Crippen LogP) is 1.32. The first kappa shape index (κ1) is 16.0. The molecule has 4 heteroatoms. The molecule has 0 aromatic heterocycles. The molecule has 0 heterocycles. The van der Waals surface area contributed by atoms with Crippen molar-refractivity contribution in [3.8, 4) is 5.75 Å². The molecule has 0 fully saturated rings. The van der Waals surface area contributed by atoms with Gasteiger partial charge in [0.15, 0.2) is 0 Å². The van der Waals surface area contributed by atoms with E-state index < -0.39 is 6.10 Å². The molecule has 19 heavy (non-hydrogen) atoms. The first-order valence-electron chi connectivity index (χ1n) is 6.71. The van der Waals surface area contributed by atoms with Gasteiger partial charge in [0.2, 0.25) is 0 Å². The van der Waals surface area contributed by atoms with Crippen LogP contribution in [-0.4, -0.2) is 43.5 Å². The van der Waals surface area contributed by atoms with E-state index in [0.29, 0.717) is 13.2 Å². The van der Waals surface area contributed by atoms with Gasteiger partial charge in [-0.1, -0.05) is 18.2 Å². The SMILES string of the molecule is CNCC(C)(C)NCC(O)COc1ccccc1C. The number of β-amino-alcohol motifs (C(OH)–C–C–N with tert-alkyl or cyclic N) is 1. The van der Waals surface area contributed by atoms with E-state index in [2.05, 4.69) is 24.5 Å². The second-order valence-corrected chi connectivity index (χ2v) is 5.53. The number of benzene rings is 1. The number of aliphatic hydroxyl groups excluding tert-OH is 1. The van der Waals surface area contributed by atoms with E-state index >= 15 is 0 Å². The molecule has 108 valence electrons. The van der Waals surface area contributed by atoms with Crippen molar-refractivity contribution in [2.24, 2.45) is 0 Å². The van der Waals surface area contributed by atoms with Gasteiger partial charge < -0.3 is 20.5 Å². The number of likely N-dealkylation sites (N-methyl/N-ethyl adjacent to an activating group) is 1. The Kier molecular flexibility index (Phi) is 6.28. The molecule has 1 unspecified atom stereocenters. The Hall–Kier alpha value is -1.10. The fourth-order valence-corrected chi connectivity index (χ4v) is 1.86. The number of ether oxygens (including phenoxy) is 1. The normalized spacial score (nSPS) is 13.3. The molecule has 0 saturated heterocycles. The van der Waals surface area contributed by atoms with Crippen LogP contribution in [-0.2, 0) is 0 Å². The van der Waals surface area contributed by atoms with Crippen LogP contribution in [0.5, 0.6) is 5.75 Å². The van der Waals surface area contributed by atoms with Crippen LogP contribution in [0.25, 0.3) is 0 Å². The van der Waals surface area contributed by atoms with Gasteiger partial charge in [-0.05, 0) is 39.4 Å². The number of aliphatic hydroxyl groups is 1. The topological polar surface area (TPSA) is 53.5 Å². The Bertz CT molecular complexity index is 380. The number of rotatable bonds is 8. The van der Waals surface area contributed by atoms with Crippen molar-refractivity contribution in [1.29, 1.82) is 0 Å². The molecule has 1 atom stereocenters. The molecule has 1 aromatic rings. The molecular formula is C15H26N2O2. The van der Waals surface area contributed by atoms with Crippen molar-refractivity contribution in [1.82, 2.24) is 10.6 Å². The van der Waals surface area contributed by atoms with E-state index in [9.17, 15) is 5.11 Å². The van der Waals surface area contributed by atoms with Crippen LogP contribution in [0.4, 0.5) is 0 Å². The Morgan fingerprint density at radius 2 is 2.00 bits per heavy atom. The van der Waals surface area contributed by atoms with Crippen molar-refractivity contribution in [2.75, 3.05) is 26.7 Å². The highest BCUT2D eigenvalue weighted by Gasteiger charge is 2.17. The van der Waals surface area contributed by atoms with Crippen LogP contribution in [0.2, 0.25) is 0 Å². The minimum Gasteiger partial charge on any atom is -0.491 e. The van der Waals surface area contributed by atoms with E-state index in [1.165, 1.54) is 0 Å². The predicted molar refractivity (Wildman–Crippen MR) is 78.7 cm³/mol. The van der Waals surface area contributed by atoms with Gasteiger partial charge in [0.1, 0.15) is 18.5 Å². The quantitative estimate of drug-likeness (QED) is 0.664. The average molecular weight is 266 g/mol. The molecule has 4 nitrogen and oxygen atoms in total. The van der Waals surface area contributed by atoms with Crippen LogP contribution >= 0.6 is 0 Å². The first-order chi connectivity index (χ1) is 8.94. The molecule has 0 aliphatic carbocycles. The molecule has 0 spiro atoms. The number of hydrogen-bond donors (Lipinski definition) is 3. The third-order valence-electron chi connectivity index (χ3n) is 2.96. The zero-order chi connectivity index (χ0) is 14.3. The lowest BCUT2D eigenvalue weighted by Crippen LogP contribution is -2.50. The van der Waals surface area contributed by atoms with Crippen molar-refractivity contribution in [3.63, 3.8) is 0 Å². The van der Waals surface area contributed by atoms with E-state index in [0.717, 1.165) is 17.9 Å². The molecule has 0 aliphatic heterocycles. The van der Waals surface area contributed by atoms with Gasteiger partial charge in [-0.15, -0.1) is 0 Å². The minimum absolute atomic E-state index is 0.0433. The summed E-state index contributed by atoms with van der Waals surface area (Å²) in [5.41, 5.74) is 1.04. The largest absolute Gasteiger partial charge is 0.491 e. The van der Waals surface area contributed by atoms with Gasteiger partial charge in [0.05, 0.1) is 0 Å². The van der Waals surface area contributed by atoms with E-state index in [-0.39, 0.29) is 5.54 Å². The molecule has 0 aliphatic rings. The second-order valence-electron chi connectivity index (χ2n) is 5.53. The molecular weight excluding hydrogens is 240 g/mol. The maximum Gasteiger partial charge on any atom is 0.122 e. The molecule has 0 saturated carbocycles. The lowest BCUT2D eigenvalue weighted by atomic mass is 10.1. The Morgan fingerprint density at radius 1 is 1.32 bits per heavy atom. The lowest BCUT2D eigenvalue weighted by molar-refractivity contribution is 0.0986. The van der Waals surface area contributed by atoms with Gasteiger partial charge in [-0.25, -0.2) is 0 Å². The van der Waals surface area contributed by atoms with Gasteiger partial charge in [-0.2, -0.15) is 0 Å². The van der Waals surface area contributed by atoms with Crippen LogP contribution in [0, 0.1) is 6.92 Å². The van der Waals surface area contributed by atoms with Gasteiger partial charge >= 0.3 is 0 Å². The first-order valence-corrected chi connectivity index (χ1v) is 6.71. The highest BCUT2D eigenvalue weighted by atomic mass is 16.5. The van der Waals surface area contributed by atoms with Crippen molar-refractivity contribution >= 4 is 0 Å². The zero-order valence-electron chi connectivity index (χ0n) is 12.4. The van der Waals surface area contributed by atoms with Crippen LogP contribution in [0.15, 0.2) is 24.3 Å². The summed E-state index contributed by atoms with van der Waals surface area (Å²) >= 11 is 0. The Labute approximate surface area is 116 Å². The molecule has 3 N–H and O–H groups in total. The summed E-state index contributed by atoms with van der Waals surface area (Å²) in [5, 5.41) is 16.4. The summed E-state index contributed by atoms with van der Waals surface area (Å²) in [7, 11) is 1.92. The Balaban J connectivity index is 2.32. The third kappa shape index (κ3) is 6.05. The second kappa shape index (κ2) is 7.48. The van der Waals surface area contributed by atoms with Gasteiger partial charge in [-0.3, -0.25) is 0 Å². The number of hydrogen-bond acceptors (Lipinski definition) is 4. The van der Waals surface area contributed by atoms with Crippen molar-refractivity contribution < 1.29 is 9.84 Å². The molecule has 0 radical (unpaired) electrons. The number of para-hydroxylation sites is 1. The third-order valence-corrected chi connectivity index (χ3v) is 2.96. The molecule has 0 amide bonds. The number of nitrogens with one attached hydrogen (secondary N) is 2. The average Bonchev–Trinajstić information content (AvgIpc) is 2.35. The Morgan fingerprint density at radius 3 is 2.63 bits per heavy atom. The highest BCUT2D eigenvalue weighted by Crippen LogP contribution is 2.16. The van der Waals surface area contributed by atoms with Crippen molar-refractivity contribution in [2.45, 2.75) is 32.4 Å².